The normalized spacial score (nSPS) is 10.1. The number of carbonyl (C=O) groups excluding carboxylic acids is 1. The molecule has 14 heavy (non-hydrogen) atoms. The van der Waals surface area contributed by atoms with Gasteiger partial charge in [0.25, 0.3) is 0 Å². The average molecular weight is 220 g/mol. The third kappa shape index (κ3) is 9.83. The molecule has 84 valence electrons. The van der Waals surface area contributed by atoms with Gasteiger partial charge in [0, 0.05) is 12.2 Å². The molecule has 0 aliphatic rings. The number of rotatable bonds is 9. The second kappa shape index (κ2) is 10.8. The number of unbranched alkanes of at least 4 members (excludes halogenated alkanes) is 2. The van der Waals surface area contributed by atoms with E-state index in [1.807, 2.05) is 0 Å². The van der Waals surface area contributed by atoms with Crippen LogP contribution in [0.3, 0.4) is 0 Å². The summed E-state index contributed by atoms with van der Waals surface area (Å²) in [7, 11) is 0. The first-order valence-corrected chi connectivity index (χ1v) is 6.03. The fourth-order valence-corrected chi connectivity index (χ4v) is 1.29. The van der Waals surface area contributed by atoms with Gasteiger partial charge in [-0.15, -0.1) is 0 Å². The van der Waals surface area contributed by atoms with Crippen molar-refractivity contribution in [3.05, 3.63) is 0 Å². The molecule has 5 heteroatoms. The molecular weight excluding hydrogens is 200 g/mol. The maximum atomic E-state index is 11.1. The first-order chi connectivity index (χ1) is 6.81. The third-order valence-electron chi connectivity index (χ3n) is 1.75. The predicted octanol–water partition coefficient (Wildman–Crippen LogP) is 1.05. The molecule has 0 heterocycles. The molecule has 0 amide bonds. The first-order valence-electron chi connectivity index (χ1n) is 4.98. The van der Waals surface area contributed by atoms with E-state index >= 15 is 0 Å². The van der Waals surface area contributed by atoms with Crippen LogP contribution < -0.4 is 10.9 Å². The zero-order valence-corrected chi connectivity index (χ0v) is 9.35. The minimum absolute atomic E-state index is 0.119. The van der Waals surface area contributed by atoms with Crippen molar-refractivity contribution >= 4 is 17.9 Å². The molecule has 0 aromatic rings. The molecule has 0 saturated heterocycles. The summed E-state index contributed by atoms with van der Waals surface area (Å²) in [5.74, 6) is 0.689. The lowest BCUT2D eigenvalue weighted by atomic mass is 10.2. The highest BCUT2D eigenvalue weighted by Gasteiger charge is 2.01. The van der Waals surface area contributed by atoms with Gasteiger partial charge < -0.3 is 10.5 Å². The van der Waals surface area contributed by atoms with Crippen molar-refractivity contribution in [2.75, 3.05) is 18.9 Å². The number of ether oxygens (including phenoxy) is 1. The van der Waals surface area contributed by atoms with Crippen LogP contribution in [0.1, 0.15) is 32.1 Å². The summed E-state index contributed by atoms with van der Waals surface area (Å²) < 4.78 is 5.01. The van der Waals surface area contributed by atoms with Crippen molar-refractivity contribution in [3.8, 4) is 0 Å². The van der Waals surface area contributed by atoms with Crippen LogP contribution in [0.15, 0.2) is 0 Å². The Kier molecular flexibility index (Phi) is 10.6. The van der Waals surface area contributed by atoms with Gasteiger partial charge in [0.15, 0.2) is 0 Å². The van der Waals surface area contributed by atoms with Gasteiger partial charge in [-0.3, -0.25) is 9.93 Å². The van der Waals surface area contributed by atoms with Crippen molar-refractivity contribution < 1.29 is 9.53 Å². The van der Waals surface area contributed by atoms with Gasteiger partial charge in [-0.2, -0.15) is 0 Å². The van der Waals surface area contributed by atoms with E-state index in [2.05, 4.69) is 0 Å². The van der Waals surface area contributed by atoms with E-state index in [9.17, 15) is 4.79 Å². The molecule has 4 N–H and O–H groups in total. The number of carbonyl (C=O) groups is 1. The van der Waals surface area contributed by atoms with Gasteiger partial charge >= 0.3 is 5.97 Å². The van der Waals surface area contributed by atoms with E-state index in [4.69, 9.17) is 15.6 Å². The smallest absolute Gasteiger partial charge is 0.305 e. The van der Waals surface area contributed by atoms with Gasteiger partial charge in [-0.05, 0) is 32.2 Å². The monoisotopic (exact) mass is 220 g/mol. The minimum Gasteiger partial charge on any atom is -0.466 e. The molecule has 0 aromatic heterocycles. The third-order valence-corrected chi connectivity index (χ3v) is 2.28. The van der Waals surface area contributed by atoms with Gasteiger partial charge in [0.1, 0.15) is 0 Å². The standard InChI is InChI=1S/C9H20N2O2S/c10-6-2-1-3-7-13-9(12)5-4-8-14-11/h1-8,10-11H2. The summed E-state index contributed by atoms with van der Waals surface area (Å²) in [5, 5.41) is 5.22. The van der Waals surface area contributed by atoms with E-state index in [0.717, 1.165) is 31.4 Å². The maximum absolute atomic E-state index is 11.1. The molecule has 0 aliphatic carbocycles. The second-order valence-electron chi connectivity index (χ2n) is 3.04. The van der Waals surface area contributed by atoms with E-state index < -0.39 is 0 Å². The summed E-state index contributed by atoms with van der Waals surface area (Å²) >= 11 is 1.26. The Balaban J connectivity index is 3.10. The maximum Gasteiger partial charge on any atom is 0.305 e. The largest absolute Gasteiger partial charge is 0.466 e. The topological polar surface area (TPSA) is 78.3 Å². The number of nitrogens with two attached hydrogens (primary N) is 2. The highest BCUT2D eigenvalue weighted by atomic mass is 32.2. The van der Waals surface area contributed by atoms with Crippen molar-refractivity contribution in [1.29, 1.82) is 0 Å². The molecule has 0 aliphatic heterocycles. The fourth-order valence-electron chi connectivity index (χ4n) is 0.981. The van der Waals surface area contributed by atoms with Crippen LogP contribution in [0.5, 0.6) is 0 Å². The Morgan fingerprint density at radius 1 is 1.21 bits per heavy atom. The lowest BCUT2D eigenvalue weighted by molar-refractivity contribution is -0.143. The summed E-state index contributed by atoms with van der Waals surface area (Å²) in [6, 6.07) is 0. The minimum atomic E-state index is -0.119. The van der Waals surface area contributed by atoms with Crippen LogP contribution in [-0.4, -0.2) is 24.9 Å². The average Bonchev–Trinajstić information content (AvgIpc) is 2.18. The van der Waals surface area contributed by atoms with Gasteiger partial charge in [0.2, 0.25) is 0 Å². The Morgan fingerprint density at radius 2 is 2.00 bits per heavy atom. The van der Waals surface area contributed by atoms with Crippen LogP contribution in [-0.2, 0) is 9.53 Å². The second-order valence-corrected chi connectivity index (χ2v) is 3.79. The predicted molar refractivity (Wildman–Crippen MR) is 59.7 cm³/mol. The SMILES string of the molecule is NCCCCCOC(=O)CCCSN. The van der Waals surface area contributed by atoms with E-state index in [-0.39, 0.29) is 5.97 Å². The van der Waals surface area contributed by atoms with Crippen molar-refractivity contribution in [2.24, 2.45) is 10.9 Å². The lowest BCUT2D eigenvalue weighted by Gasteiger charge is -2.03. The molecular formula is C9H20N2O2S. The van der Waals surface area contributed by atoms with Crippen LogP contribution in [0.4, 0.5) is 0 Å². The van der Waals surface area contributed by atoms with E-state index in [0.29, 0.717) is 19.6 Å². The summed E-state index contributed by atoms with van der Waals surface area (Å²) in [6.07, 6.45) is 4.21. The summed E-state index contributed by atoms with van der Waals surface area (Å²) in [5.41, 5.74) is 5.33. The highest BCUT2D eigenvalue weighted by Crippen LogP contribution is 2.00. The number of hydrogen-bond acceptors (Lipinski definition) is 5. The van der Waals surface area contributed by atoms with Gasteiger partial charge in [-0.1, -0.05) is 11.9 Å². The molecule has 0 spiro atoms. The number of hydrogen-bond donors (Lipinski definition) is 2. The highest BCUT2D eigenvalue weighted by molar-refractivity contribution is 7.97. The van der Waals surface area contributed by atoms with Crippen LogP contribution in [0, 0.1) is 0 Å². The Morgan fingerprint density at radius 3 is 2.64 bits per heavy atom. The Bertz CT molecular complexity index is 145. The zero-order chi connectivity index (χ0) is 10.6. The molecule has 0 aromatic carbocycles. The quantitative estimate of drug-likeness (QED) is 0.345. The first kappa shape index (κ1) is 13.7. The summed E-state index contributed by atoms with van der Waals surface area (Å²) in [4.78, 5) is 11.1. The van der Waals surface area contributed by atoms with E-state index in [1.54, 1.807) is 0 Å². The zero-order valence-electron chi connectivity index (χ0n) is 8.54. The molecule has 0 saturated carbocycles. The van der Waals surface area contributed by atoms with Gasteiger partial charge in [-0.25, -0.2) is 0 Å². The fraction of sp³-hybridized carbons (Fsp3) is 0.889. The Labute approximate surface area is 89.9 Å². The molecule has 0 fully saturated rings. The molecule has 0 radical (unpaired) electrons. The van der Waals surface area contributed by atoms with Crippen molar-refractivity contribution in [3.63, 3.8) is 0 Å². The van der Waals surface area contributed by atoms with Crippen LogP contribution in [0.25, 0.3) is 0 Å². The molecule has 0 atom stereocenters. The van der Waals surface area contributed by atoms with Crippen LogP contribution >= 0.6 is 11.9 Å². The summed E-state index contributed by atoms with van der Waals surface area (Å²) in [6.45, 7) is 1.23. The molecule has 4 nitrogen and oxygen atoms in total. The number of esters is 1. The van der Waals surface area contributed by atoms with Crippen LogP contribution in [0.2, 0.25) is 0 Å². The van der Waals surface area contributed by atoms with E-state index in [1.165, 1.54) is 11.9 Å². The van der Waals surface area contributed by atoms with Gasteiger partial charge in [0.05, 0.1) is 6.61 Å². The molecule has 0 bridgehead atoms. The molecule has 0 unspecified atom stereocenters. The van der Waals surface area contributed by atoms with Crippen molar-refractivity contribution in [2.45, 2.75) is 32.1 Å². The molecule has 0 rings (SSSR count). The van der Waals surface area contributed by atoms with Crippen molar-refractivity contribution in [1.82, 2.24) is 0 Å². The lowest BCUT2D eigenvalue weighted by Crippen LogP contribution is -2.07. The Hall–Kier alpha value is -0.260.